The Labute approximate surface area is 539 Å². The lowest BCUT2D eigenvalue weighted by Crippen LogP contribution is -2.71. The Kier molecular flexibility index (Phi) is 24.6. The van der Waals surface area contributed by atoms with Gasteiger partial charge in [-0.15, -0.1) is 17.9 Å². The number of benzene rings is 8. The molecule has 8 aromatic carbocycles. The molecule has 9 aromatic rings. The van der Waals surface area contributed by atoms with Gasteiger partial charge in [0.2, 0.25) is 5.79 Å². The Morgan fingerprint density at radius 2 is 0.736 bits per heavy atom. The molecule has 0 saturated carbocycles. The lowest BCUT2D eigenvalue weighted by molar-refractivity contribution is -0.434. The Bertz CT molecular complexity index is 3440. The van der Waals surface area contributed by atoms with Crippen molar-refractivity contribution in [2.45, 2.75) is 126 Å². The first-order valence-corrected chi connectivity index (χ1v) is 32.2. The maximum atomic E-state index is 7.91. The molecule has 91 heavy (non-hydrogen) atoms. The van der Waals surface area contributed by atoms with Crippen LogP contribution in [-0.2, 0) is 115 Å². The largest absolute Gasteiger partial charge is 0.374 e. The fourth-order valence-electron chi connectivity index (χ4n) is 11.5. The van der Waals surface area contributed by atoms with Crippen LogP contribution in [0, 0.1) is 0 Å². The standard InChI is InChI=1S/C77H81NO12S/c1-2-3-28-46-87-76(73(85-54-65-41-24-10-25-42-65)71(83-52-63-37-20-8-21-38-63)69(81-50-61-33-16-6-17-34-61)67(89-76)56-79-48-59-29-12-4-13-30-59)58-88-77(75-78-45-47-91-75)74(86-55-66-43-26-11-27-44-66)72(84-53-64-39-22-9-23-40-64)70(82-51-62-35-18-7-19-36-62)68(90-77)57-80-49-60-31-14-5-15-32-60/h2,4-27,29-45,47,67-74H,1,3,28,46,48-58H2/t67-,68-,69+,70+,71+,72+,73-,74-,76+,77-/m1/s1. The third-order valence-corrected chi connectivity index (χ3v) is 16.9. The van der Waals surface area contributed by atoms with E-state index in [4.69, 9.17) is 61.8 Å². The molecule has 2 aliphatic heterocycles. The number of ether oxygens (including phenoxy) is 12. The van der Waals surface area contributed by atoms with Crippen LogP contribution in [0.5, 0.6) is 0 Å². The minimum absolute atomic E-state index is 0.0562. The quantitative estimate of drug-likeness (QED) is 0.0277. The third kappa shape index (κ3) is 18.2. The molecular formula is C77H81NO12S. The van der Waals surface area contributed by atoms with Crippen molar-refractivity contribution >= 4 is 11.3 Å². The Balaban J connectivity index is 1.07. The highest BCUT2D eigenvalue weighted by Gasteiger charge is 2.64. The summed E-state index contributed by atoms with van der Waals surface area (Å²) in [6, 6.07) is 80.5. The van der Waals surface area contributed by atoms with Gasteiger partial charge in [0.05, 0.1) is 72.7 Å². The van der Waals surface area contributed by atoms with Gasteiger partial charge in [0, 0.05) is 11.6 Å². The maximum absolute atomic E-state index is 7.91. The monoisotopic (exact) mass is 1240 g/mol. The van der Waals surface area contributed by atoms with E-state index >= 15 is 0 Å². The molecule has 0 unspecified atom stereocenters. The van der Waals surface area contributed by atoms with Crippen LogP contribution in [-0.4, -0.2) is 86.0 Å². The predicted molar refractivity (Wildman–Crippen MR) is 350 cm³/mol. The number of rotatable bonds is 35. The van der Waals surface area contributed by atoms with Crippen molar-refractivity contribution in [2.75, 3.05) is 26.4 Å². The van der Waals surface area contributed by atoms with E-state index in [-0.39, 0.29) is 66.1 Å². The minimum Gasteiger partial charge on any atom is -0.374 e. The van der Waals surface area contributed by atoms with Gasteiger partial charge in [-0.05, 0) is 57.3 Å². The molecule has 2 saturated heterocycles. The number of aromatic nitrogens is 1. The van der Waals surface area contributed by atoms with E-state index in [0.29, 0.717) is 31.1 Å². The van der Waals surface area contributed by atoms with Crippen molar-refractivity contribution < 1.29 is 56.8 Å². The van der Waals surface area contributed by atoms with E-state index in [0.717, 1.165) is 44.5 Å². The molecule has 11 rings (SSSR count). The first-order valence-electron chi connectivity index (χ1n) is 31.3. The normalized spacial score (nSPS) is 23.2. The number of allylic oxidation sites excluding steroid dienone is 1. The van der Waals surface area contributed by atoms with Crippen LogP contribution >= 0.6 is 11.3 Å². The minimum atomic E-state index is -1.90. The first kappa shape index (κ1) is 65.2. The number of thiazole rings is 1. The molecular weight excluding hydrogens is 1160 g/mol. The summed E-state index contributed by atoms with van der Waals surface area (Å²) >= 11 is 1.38. The van der Waals surface area contributed by atoms with Crippen LogP contribution in [0.2, 0.25) is 0 Å². The molecule has 0 spiro atoms. The van der Waals surface area contributed by atoms with E-state index in [1.54, 1.807) is 6.20 Å². The van der Waals surface area contributed by atoms with E-state index < -0.39 is 60.4 Å². The van der Waals surface area contributed by atoms with Crippen molar-refractivity contribution in [2.24, 2.45) is 0 Å². The van der Waals surface area contributed by atoms with Gasteiger partial charge in [-0.25, -0.2) is 4.98 Å². The fraction of sp³-hybridized carbons (Fsp3) is 0.312. The molecule has 2 fully saturated rings. The van der Waals surface area contributed by atoms with E-state index in [1.807, 2.05) is 254 Å². The summed E-state index contributed by atoms with van der Waals surface area (Å²) in [7, 11) is 0. The summed E-state index contributed by atoms with van der Waals surface area (Å²) in [5.74, 6) is -3.72. The number of nitrogens with zero attached hydrogens (tertiary/aromatic N) is 1. The molecule has 472 valence electrons. The summed E-state index contributed by atoms with van der Waals surface area (Å²) in [6.45, 7) is 5.79. The zero-order valence-corrected chi connectivity index (χ0v) is 52.1. The van der Waals surface area contributed by atoms with Crippen LogP contribution in [0.1, 0.15) is 62.4 Å². The number of unbranched alkanes of at least 4 members (excludes halogenated alkanes) is 1. The van der Waals surface area contributed by atoms with E-state index in [2.05, 4.69) is 6.58 Å². The zero-order chi connectivity index (χ0) is 62.0. The van der Waals surface area contributed by atoms with Gasteiger partial charge in [-0.2, -0.15) is 0 Å². The van der Waals surface area contributed by atoms with E-state index in [9.17, 15) is 0 Å². The highest BCUT2D eigenvalue weighted by Crippen LogP contribution is 2.48. The van der Waals surface area contributed by atoms with Crippen molar-refractivity contribution in [3.05, 3.63) is 316 Å². The summed E-state index contributed by atoms with van der Waals surface area (Å²) < 4.78 is 88.3. The van der Waals surface area contributed by atoms with Crippen LogP contribution in [0.25, 0.3) is 0 Å². The molecule has 3 heterocycles. The maximum Gasteiger partial charge on any atom is 0.252 e. The molecule has 0 bridgehead atoms. The highest BCUT2D eigenvalue weighted by atomic mass is 32.1. The average Bonchev–Trinajstić information content (AvgIpc) is 1.46. The SMILES string of the molecule is C=CCCCO[C@@]1(CO[C@@]2(c3nccs3)O[C@H](COCc3ccccc3)[C@H](OCc3ccccc3)[C@H](OCc3ccccc3)[C@H]2OCc2ccccc2)O[C@H](COCc2ccccc2)[C@H](OCc2ccccc2)[C@H](OCc2ccccc2)[C@H]1OCc1ccccc1. The molecule has 0 radical (unpaired) electrons. The zero-order valence-electron chi connectivity index (χ0n) is 51.3. The van der Waals surface area contributed by atoms with Crippen LogP contribution in [0.3, 0.4) is 0 Å². The van der Waals surface area contributed by atoms with Crippen LogP contribution in [0.4, 0.5) is 0 Å². The van der Waals surface area contributed by atoms with Gasteiger partial charge in [0.15, 0.2) is 5.01 Å². The molecule has 2 aliphatic rings. The van der Waals surface area contributed by atoms with Gasteiger partial charge in [0.1, 0.15) is 55.4 Å². The van der Waals surface area contributed by atoms with Gasteiger partial charge in [0.25, 0.3) is 5.79 Å². The van der Waals surface area contributed by atoms with Crippen LogP contribution < -0.4 is 0 Å². The molecule has 0 N–H and O–H groups in total. The molecule has 10 atom stereocenters. The van der Waals surface area contributed by atoms with Gasteiger partial charge >= 0.3 is 0 Å². The molecule has 0 amide bonds. The number of hydrogen-bond acceptors (Lipinski definition) is 14. The lowest BCUT2D eigenvalue weighted by atomic mass is 9.90. The highest BCUT2D eigenvalue weighted by molar-refractivity contribution is 7.09. The molecule has 1 aromatic heterocycles. The molecule has 0 aliphatic carbocycles. The predicted octanol–water partition coefficient (Wildman–Crippen LogP) is 14.7. The Hall–Kier alpha value is -7.35. The van der Waals surface area contributed by atoms with Crippen molar-refractivity contribution in [1.82, 2.24) is 4.98 Å². The second kappa shape index (κ2) is 34.4. The average molecular weight is 1240 g/mol. The smallest absolute Gasteiger partial charge is 0.252 e. The van der Waals surface area contributed by atoms with Gasteiger partial charge < -0.3 is 56.8 Å². The van der Waals surface area contributed by atoms with Crippen molar-refractivity contribution in [3.63, 3.8) is 0 Å². The van der Waals surface area contributed by atoms with Crippen molar-refractivity contribution in [3.8, 4) is 0 Å². The lowest BCUT2D eigenvalue weighted by Gasteiger charge is -2.55. The van der Waals surface area contributed by atoms with Gasteiger partial charge in [-0.1, -0.05) is 249 Å². The fourth-order valence-corrected chi connectivity index (χ4v) is 12.2. The Morgan fingerprint density at radius 3 is 1.11 bits per heavy atom. The second-order valence-electron chi connectivity index (χ2n) is 22.7. The van der Waals surface area contributed by atoms with E-state index in [1.165, 1.54) is 11.3 Å². The first-order chi connectivity index (χ1) is 45.0. The summed E-state index contributed by atoms with van der Waals surface area (Å²) in [6.07, 6.45) is -2.41. The summed E-state index contributed by atoms with van der Waals surface area (Å²) in [4.78, 5) is 5.11. The van der Waals surface area contributed by atoms with Crippen molar-refractivity contribution in [1.29, 1.82) is 0 Å². The summed E-state index contributed by atoms with van der Waals surface area (Å²) in [5.41, 5.74) is 7.65. The Morgan fingerprint density at radius 1 is 0.396 bits per heavy atom. The molecule has 13 nitrogen and oxygen atoms in total. The topological polar surface area (TPSA) is 124 Å². The number of hydrogen-bond donors (Lipinski definition) is 0. The third-order valence-electron chi connectivity index (χ3n) is 16.1. The summed E-state index contributed by atoms with van der Waals surface area (Å²) in [5, 5.41) is 2.36. The van der Waals surface area contributed by atoms with Gasteiger partial charge in [-0.3, -0.25) is 0 Å². The second-order valence-corrected chi connectivity index (χ2v) is 23.6. The van der Waals surface area contributed by atoms with Crippen LogP contribution in [0.15, 0.2) is 267 Å². The molecule has 14 heteroatoms.